The first-order valence-corrected chi connectivity index (χ1v) is 10.2. The number of esters is 1. The largest absolute Gasteiger partial charge is 0.462 e. The molecule has 8 heteroatoms. The number of hydrogen-bond donors (Lipinski definition) is 2. The minimum absolute atomic E-state index is 0.0408. The highest BCUT2D eigenvalue weighted by Gasteiger charge is 2.22. The van der Waals surface area contributed by atoms with Crippen LogP contribution in [0.1, 0.15) is 60.0 Å². The van der Waals surface area contributed by atoms with E-state index in [1.165, 1.54) is 24.2 Å². The lowest BCUT2D eigenvalue weighted by Crippen LogP contribution is -2.40. The Bertz CT molecular complexity index is 631. The number of aryl methyl sites for hydroxylation is 1. The number of carbonyl (C=O) groups is 1. The molecule has 2 heterocycles. The summed E-state index contributed by atoms with van der Waals surface area (Å²) >= 11 is 1.38. The zero-order chi connectivity index (χ0) is 19.1. The van der Waals surface area contributed by atoms with E-state index in [1.807, 2.05) is 13.8 Å². The van der Waals surface area contributed by atoms with Gasteiger partial charge in [-0.1, -0.05) is 0 Å². The summed E-state index contributed by atoms with van der Waals surface area (Å²) in [5.41, 5.74) is 0.714. The van der Waals surface area contributed by atoms with Crippen molar-refractivity contribution in [2.24, 2.45) is 4.99 Å². The van der Waals surface area contributed by atoms with E-state index in [2.05, 4.69) is 34.5 Å². The van der Waals surface area contributed by atoms with Crippen molar-refractivity contribution in [2.45, 2.75) is 52.6 Å². The normalized spacial score (nSPS) is 19.4. The van der Waals surface area contributed by atoms with Crippen molar-refractivity contribution in [3.8, 4) is 0 Å². The molecule has 1 aromatic rings. The third kappa shape index (κ3) is 5.41. The predicted octanol–water partition coefficient (Wildman–Crippen LogP) is 2.34. The van der Waals surface area contributed by atoms with Gasteiger partial charge in [-0.15, -0.1) is 11.3 Å². The lowest BCUT2D eigenvalue weighted by molar-refractivity contribution is 0.0531. The van der Waals surface area contributed by atoms with E-state index >= 15 is 0 Å². The third-order valence-electron chi connectivity index (χ3n) is 4.47. The second kappa shape index (κ2) is 9.87. The number of aliphatic imine (C=N–C) groups is 1. The van der Waals surface area contributed by atoms with E-state index in [0.717, 1.165) is 30.6 Å². The highest BCUT2D eigenvalue weighted by Crippen LogP contribution is 2.24. The van der Waals surface area contributed by atoms with Gasteiger partial charge in [0.15, 0.2) is 5.96 Å². The fourth-order valence-electron chi connectivity index (χ4n) is 2.98. The molecule has 1 aliphatic heterocycles. The number of rotatable bonds is 7. The molecule has 2 rings (SSSR count). The van der Waals surface area contributed by atoms with Crippen molar-refractivity contribution in [3.63, 3.8) is 0 Å². The van der Waals surface area contributed by atoms with E-state index in [4.69, 9.17) is 9.73 Å². The van der Waals surface area contributed by atoms with Gasteiger partial charge in [0.1, 0.15) is 9.88 Å². The van der Waals surface area contributed by atoms with E-state index in [9.17, 15) is 4.79 Å². The molecule has 26 heavy (non-hydrogen) atoms. The monoisotopic (exact) mass is 381 g/mol. The summed E-state index contributed by atoms with van der Waals surface area (Å²) < 4.78 is 5.10. The molecule has 0 aliphatic carbocycles. The minimum atomic E-state index is -0.300. The molecule has 1 saturated heterocycles. The molecule has 2 unspecified atom stereocenters. The highest BCUT2D eigenvalue weighted by molar-refractivity contribution is 7.13. The van der Waals surface area contributed by atoms with Crippen LogP contribution in [0.15, 0.2) is 4.99 Å². The molecule has 1 aliphatic rings. The van der Waals surface area contributed by atoms with Crippen LogP contribution >= 0.6 is 11.3 Å². The number of hydrogen-bond acceptors (Lipinski definition) is 6. The molecule has 0 radical (unpaired) electrons. The average Bonchev–Trinajstić information content (AvgIpc) is 3.19. The lowest BCUT2D eigenvalue weighted by Gasteiger charge is -2.20. The molecule has 0 amide bonds. The fourth-order valence-corrected chi connectivity index (χ4v) is 3.94. The Hall–Kier alpha value is -1.67. The number of carbonyl (C=O) groups excluding carboxylic acids is 1. The first kappa shape index (κ1) is 20.6. The molecule has 1 aromatic heterocycles. The molecule has 7 nitrogen and oxygen atoms in total. The number of likely N-dealkylation sites (tertiary alicyclic amines) is 1. The van der Waals surface area contributed by atoms with Crippen LogP contribution in [0, 0.1) is 6.92 Å². The zero-order valence-corrected chi connectivity index (χ0v) is 17.3. The van der Waals surface area contributed by atoms with Gasteiger partial charge in [0.25, 0.3) is 0 Å². The molecule has 2 atom stereocenters. The molecule has 0 saturated carbocycles. The van der Waals surface area contributed by atoms with Crippen molar-refractivity contribution in [2.75, 3.05) is 33.3 Å². The lowest BCUT2D eigenvalue weighted by atomic mass is 10.2. The number of nitrogens with zero attached hydrogens (tertiary/aromatic N) is 3. The van der Waals surface area contributed by atoms with E-state index in [1.54, 1.807) is 6.92 Å². The van der Waals surface area contributed by atoms with Crippen LogP contribution in [0.3, 0.4) is 0 Å². The van der Waals surface area contributed by atoms with Gasteiger partial charge < -0.3 is 20.3 Å². The summed E-state index contributed by atoms with van der Waals surface area (Å²) in [7, 11) is 2.16. The molecule has 1 fully saturated rings. The highest BCUT2D eigenvalue weighted by atomic mass is 32.1. The van der Waals surface area contributed by atoms with Crippen molar-refractivity contribution >= 4 is 23.3 Å². The SMILES string of the molecule is CCNC(=NCC1CCCN1C)NC(C)c1nc(C)c(C(=O)OCC)s1. The smallest absolute Gasteiger partial charge is 0.350 e. The van der Waals surface area contributed by atoms with E-state index < -0.39 is 0 Å². The molecular weight excluding hydrogens is 350 g/mol. The van der Waals surface area contributed by atoms with Crippen LogP contribution in [0.2, 0.25) is 0 Å². The summed E-state index contributed by atoms with van der Waals surface area (Å²) in [6.45, 7) is 10.8. The Morgan fingerprint density at radius 1 is 1.50 bits per heavy atom. The maximum Gasteiger partial charge on any atom is 0.350 e. The third-order valence-corrected chi connectivity index (χ3v) is 5.79. The summed E-state index contributed by atoms with van der Waals surface area (Å²) in [4.78, 5) is 24.2. The van der Waals surface area contributed by atoms with Gasteiger partial charge >= 0.3 is 5.97 Å². The number of guanidine groups is 1. The number of thiazole rings is 1. The van der Waals surface area contributed by atoms with Gasteiger partial charge in [-0.2, -0.15) is 0 Å². The van der Waals surface area contributed by atoms with Crippen molar-refractivity contribution in [1.29, 1.82) is 0 Å². The molecule has 146 valence electrons. The maximum absolute atomic E-state index is 12.0. The molecule has 0 aromatic carbocycles. The van der Waals surface area contributed by atoms with Crippen LogP contribution < -0.4 is 10.6 Å². The Morgan fingerprint density at radius 2 is 2.27 bits per heavy atom. The average molecular weight is 382 g/mol. The zero-order valence-electron chi connectivity index (χ0n) is 16.5. The fraction of sp³-hybridized carbons (Fsp3) is 0.722. The van der Waals surface area contributed by atoms with Gasteiger partial charge in [-0.3, -0.25) is 4.99 Å². The van der Waals surface area contributed by atoms with Crippen LogP contribution in [0.4, 0.5) is 0 Å². The van der Waals surface area contributed by atoms with Gasteiger partial charge in [0, 0.05) is 12.6 Å². The molecule has 0 bridgehead atoms. The first-order valence-electron chi connectivity index (χ1n) is 9.35. The Morgan fingerprint density at radius 3 is 2.88 bits per heavy atom. The standard InChI is InChI=1S/C18H31N5O2S/c1-6-19-18(20-11-14-9-8-10-23(14)5)22-13(4)16-21-12(3)15(26-16)17(24)25-7-2/h13-14H,6-11H2,1-5H3,(H2,19,20,22). The second-order valence-electron chi connectivity index (χ2n) is 6.55. The topological polar surface area (TPSA) is 78.9 Å². The summed E-state index contributed by atoms with van der Waals surface area (Å²) in [6.07, 6.45) is 2.44. The summed E-state index contributed by atoms with van der Waals surface area (Å²) in [5.74, 6) is 0.483. The van der Waals surface area contributed by atoms with Gasteiger partial charge in [-0.25, -0.2) is 9.78 Å². The van der Waals surface area contributed by atoms with Crippen molar-refractivity contribution < 1.29 is 9.53 Å². The van der Waals surface area contributed by atoms with E-state index in [-0.39, 0.29) is 12.0 Å². The maximum atomic E-state index is 12.0. The number of aromatic nitrogens is 1. The number of nitrogens with one attached hydrogen (secondary N) is 2. The molecule has 0 spiro atoms. The van der Waals surface area contributed by atoms with E-state index in [0.29, 0.717) is 23.2 Å². The minimum Gasteiger partial charge on any atom is -0.462 e. The predicted molar refractivity (Wildman–Crippen MR) is 106 cm³/mol. The first-order chi connectivity index (χ1) is 12.5. The Balaban J connectivity index is 2.03. The molecule has 2 N–H and O–H groups in total. The second-order valence-corrected chi connectivity index (χ2v) is 7.58. The Labute approximate surface area is 160 Å². The quantitative estimate of drug-likeness (QED) is 0.429. The van der Waals surface area contributed by atoms with Crippen LogP contribution in [-0.2, 0) is 4.74 Å². The number of likely N-dealkylation sites (N-methyl/N-ethyl adjacent to an activating group) is 1. The summed E-state index contributed by atoms with van der Waals surface area (Å²) in [6, 6.07) is 0.472. The van der Waals surface area contributed by atoms with Gasteiger partial charge in [0.2, 0.25) is 0 Å². The number of ether oxygens (including phenoxy) is 1. The Kier molecular flexibility index (Phi) is 7.84. The van der Waals surface area contributed by atoms with Crippen molar-refractivity contribution in [3.05, 3.63) is 15.6 Å². The van der Waals surface area contributed by atoms with Gasteiger partial charge in [0.05, 0.1) is 24.9 Å². The molecular formula is C18H31N5O2S. The summed E-state index contributed by atoms with van der Waals surface area (Å²) in [5, 5.41) is 7.55. The van der Waals surface area contributed by atoms with Crippen LogP contribution in [0.5, 0.6) is 0 Å². The van der Waals surface area contributed by atoms with Crippen LogP contribution in [0.25, 0.3) is 0 Å². The van der Waals surface area contributed by atoms with Crippen molar-refractivity contribution in [1.82, 2.24) is 20.5 Å². The van der Waals surface area contributed by atoms with Crippen LogP contribution in [-0.4, -0.2) is 61.1 Å². The van der Waals surface area contributed by atoms with Gasteiger partial charge in [-0.05, 0) is 54.1 Å².